The molecule has 0 aliphatic carbocycles. The van der Waals surface area contributed by atoms with E-state index in [1.165, 1.54) is 7.11 Å². The molecule has 0 bridgehead atoms. The number of esters is 1. The number of rotatable bonds is 4. The molecule has 1 rings (SSSR count). The molecule has 1 unspecified atom stereocenters. The highest BCUT2D eigenvalue weighted by Crippen LogP contribution is 2.12. The maximum atomic E-state index is 11.1. The molecule has 0 spiro atoms. The summed E-state index contributed by atoms with van der Waals surface area (Å²) in [6.07, 6.45) is 0.264. The second kappa shape index (κ2) is 6.25. The first-order valence-electron chi connectivity index (χ1n) is 4.86. The standard InChI is InChI=1S/C10H16BrNO3/c1-8(11)6-12-3-4-15-9(7-12)5-10(13)14-2/h9H,1,3-7H2,2H3. The maximum absolute atomic E-state index is 11.1. The average molecular weight is 278 g/mol. The van der Waals surface area contributed by atoms with E-state index in [1.807, 2.05) is 0 Å². The first kappa shape index (κ1) is 12.7. The molecule has 0 radical (unpaired) electrons. The summed E-state index contributed by atoms with van der Waals surface area (Å²) in [5.74, 6) is -0.223. The SMILES string of the molecule is C=C(Br)CN1CCOC(CC(=O)OC)C1. The number of morpholine rings is 1. The van der Waals surface area contributed by atoms with Crippen LogP contribution in [0.4, 0.5) is 0 Å². The summed E-state index contributed by atoms with van der Waals surface area (Å²) >= 11 is 3.33. The number of nitrogens with zero attached hydrogens (tertiary/aromatic N) is 1. The van der Waals surface area contributed by atoms with Gasteiger partial charge in [0.15, 0.2) is 0 Å². The summed E-state index contributed by atoms with van der Waals surface area (Å²) in [4.78, 5) is 13.3. The number of carbonyl (C=O) groups is 1. The van der Waals surface area contributed by atoms with Crippen molar-refractivity contribution in [2.75, 3.05) is 33.4 Å². The topological polar surface area (TPSA) is 38.8 Å². The van der Waals surface area contributed by atoms with Crippen LogP contribution < -0.4 is 0 Å². The molecule has 5 heteroatoms. The third-order valence-electron chi connectivity index (χ3n) is 2.24. The van der Waals surface area contributed by atoms with Crippen LogP contribution >= 0.6 is 15.9 Å². The van der Waals surface area contributed by atoms with Crippen LogP contribution in [0.5, 0.6) is 0 Å². The van der Waals surface area contributed by atoms with Gasteiger partial charge in [-0.15, -0.1) is 0 Å². The minimum Gasteiger partial charge on any atom is -0.469 e. The molecule has 0 aromatic heterocycles. The van der Waals surface area contributed by atoms with Crippen molar-refractivity contribution in [1.82, 2.24) is 4.90 Å². The van der Waals surface area contributed by atoms with Gasteiger partial charge in [0.25, 0.3) is 0 Å². The van der Waals surface area contributed by atoms with Crippen LogP contribution in [0.25, 0.3) is 0 Å². The molecule has 1 saturated heterocycles. The Kier molecular flexibility index (Phi) is 5.28. The van der Waals surface area contributed by atoms with Gasteiger partial charge >= 0.3 is 5.97 Å². The van der Waals surface area contributed by atoms with Gasteiger partial charge in [-0.2, -0.15) is 0 Å². The minimum atomic E-state index is -0.223. The van der Waals surface area contributed by atoms with Crippen molar-refractivity contribution in [3.63, 3.8) is 0 Å². The van der Waals surface area contributed by atoms with Crippen molar-refractivity contribution in [1.29, 1.82) is 0 Å². The third kappa shape index (κ3) is 4.77. The van der Waals surface area contributed by atoms with Crippen molar-refractivity contribution in [2.45, 2.75) is 12.5 Å². The van der Waals surface area contributed by atoms with E-state index in [1.54, 1.807) is 0 Å². The van der Waals surface area contributed by atoms with Crippen molar-refractivity contribution >= 4 is 21.9 Å². The number of methoxy groups -OCH3 is 1. The number of hydrogen-bond donors (Lipinski definition) is 0. The van der Waals surface area contributed by atoms with Gasteiger partial charge in [-0.05, 0) is 0 Å². The molecule has 15 heavy (non-hydrogen) atoms. The molecule has 0 aromatic rings. The van der Waals surface area contributed by atoms with Gasteiger partial charge < -0.3 is 9.47 Å². The van der Waals surface area contributed by atoms with Gasteiger partial charge in [-0.1, -0.05) is 22.5 Å². The van der Waals surface area contributed by atoms with Crippen LogP contribution in [0.2, 0.25) is 0 Å². The molecule has 1 heterocycles. The van der Waals surface area contributed by atoms with Gasteiger partial charge in [0.1, 0.15) is 0 Å². The highest BCUT2D eigenvalue weighted by Gasteiger charge is 2.22. The molecule has 0 saturated carbocycles. The van der Waals surface area contributed by atoms with Crippen LogP contribution in [-0.4, -0.2) is 50.3 Å². The summed E-state index contributed by atoms with van der Waals surface area (Å²) < 4.78 is 11.0. The first-order chi connectivity index (χ1) is 7.11. The Morgan fingerprint density at radius 1 is 1.73 bits per heavy atom. The van der Waals surface area contributed by atoms with Crippen LogP contribution in [0, 0.1) is 0 Å². The summed E-state index contributed by atoms with van der Waals surface area (Å²) in [5, 5.41) is 0. The van der Waals surface area contributed by atoms with E-state index in [0.717, 1.165) is 24.1 Å². The fourth-order valence-electron chi connectivity index (χ4n) is 1.56. The molecule has 0 aromatic carbocycles. The zero-order chi connectivity index (χ0) is 11.3. The Morgan fingerprint density at radius 3 is 3.07 bits per heavy atom. The Hall–Kier alpha value is -0.390. The average Bonchev–Trinajstić information content (AvgIpc) is 2.17. The molecule has 1 aliphatic heterocycles. The van der Waals surface area contributed by atoms with E-state index in [0.29, 0.717) is 13.0 Å². The molecule has 86 valence electrons. The quantitative estimate of drug-likeness (QED) is 0.723. The molecular formula is C10H16BrNO3. The lowest BCUT2D eigenvalue weighted by atomic mass is 10.2. The fourth-order valence-corrected chi connectivity index (χ4v) is 1.91. The molecule has 1 atom stereocenters. The van der Waals surface area contributed by atoms with Crippen LogP contribution in [-0.2, 0) is 14.3 Å². The monoisotopic (exact) mass is 277 g/mol. The Morgan fingerprint density at radius 2 is 2.47 bits per heavy atom. The second-order valence-electron chi connectivity index (χ2n) is 3.53. The Labute approximate surface area is 98.3 Å². The highest BCUT2D eigenvalue weighted by molar-refractivity contribution is 9.11. The van der Waals surface area contributed by atoms with Gasteiger partial charge in [0.2, 0.25) is 0 Å². The van der Waals surface area contributed by atoms with E-state index < -0.39 is 0 Å². The van der Waals surface area contributed by atoms with Crippen LogP contribution in [0.3, 0.4) is 0 Å². The van der Waals surface area contributed by atoms with Gasteiger partial charge in [0, 0.05) is 24.1 Å². The molecule has 1 fully saturated rings. The summed E-state index contributed by atoms with van der Waals surface area (Å²) in [6.45, 7) is 6.87. The number of ether oxygens (including phenoxy) is 2. The lowest BCUT2D eigenvalue weighted by Crippen LogP contribution is -2.43. The Bertz CT molecular complexity index is 245. The highest BCUT2D eigenvalue weighted by atomic mass is 79.9. The van der Waals surface area contributed by atoms with Crippen molar-refractivity contribution in [3.05, 3.63) is 11.1 Å². The summed E-state index contributed by atoms with van der Waals surface area (Å²) in [7, 11) is 1.39. The molecule has 4 nitrogen and oxygen atoms in total. The van der Waals surface area contributed by atoms with E-state index in [9.17, 15) is 4.79 Å². The first-order valence-corrected chi connectivity index (χ1v) is 5.65. The number of halogens is 1. The van der Waals surface area contributed by atoms with Crippen molar-refractivity contribution in [2.24, 2.45) is 0 Å². The molecule has 0 N–H and O–H groups in total. The maximum Gasteiger partial charge on any atom is 0.308 e. The van der Waals surface area contributed by atoms with Gasteiger partial charge in [0.05, 0.1) is 26.2 Å². The molecule has 1 aliphatic rings. The van der Waals surface area contributed by atoms with E-state index in [-0.39, 0.29) is 12.1 Å². The van der Waals surface area contributed by atoms with Crippen LogP contribution in [0.1, 0.15) is 6.42 Å². The third-order valence-corrected chi connectivity index (χ3v) is 2.49. The van der Waals surface area contributed by atoms with Gasteiger partial charge in [-0.3, -0.25) is 9.69 Å². The lowest BCUT2D eigenvalue weighted by Gasteiger charge is -2.32. The second-order valence-corrected chi connectivity index (χ2v) is 4.65. The van der Waals surface area contributed by atoms with E-state index in [4.69, 9.17) is 4.74 Å². The zero-order valence-electron chi connectivity index (χ0n) is 8.87. The van der Waals surface area contributed by atoms with Gasteiger partial charge in [-0.25, -0.2) is 0 Å². The van der Waals surface area contributed by atoms with E-state index >= 15 is 0 Å². The number of carbonyl (C=O) groups excluding carboxylic acids is 1. The minimum absolute atomic E-state index is 0.0574. The predicted molar refractivity (Wildman–Crippen MR) is 60.9 cm³/mol. The van der Waals surface area contributed by atoms with Crippen LogP contribution in [0.15, 0.2) is 11.1 Å². The smallest absolute Gasteiger partial charge is 0.308 e. The zero-order valence-corrected chi connectivity index (χ0v) is 10.5. The summed E-state index contributed by atoms with van der Waals surface area (Å²) in [6, 6.07) is 0. The predicted octanol–water partition coefficient (Wildman–Crippen LogP) is 1.16. The summed E-state index contributed by atoms with van der Waals surface area (Å²) in [5.41, 5.74) is 0. The normalized spacial score (nSPS) is 22.4. The molecule has 0 amide bonds. The lowest BCUT2D eigenvalue weighted by molar-refractivity contribution is -0.145. The van der Waals surface area contributed by atoms with Crippen molar-refractivity contribution in [3.8, 4) is 0 Å². The number of hydrogen-bond acceptors (Lipinski definition) is 4. The molecular weight excluding hydrogens is 262 g/mol. The van der Waals surface area contributed by atoms with E-state index in [2.05, 4.69) is 32.1 Å². The van der Waals surface area contributed by atoms with Crippen molar-refractivity contribution < 1.29 is 14.3 Å². The Balaban J connectivity index is 2.35. The largest absolute Gasteiger partial charge is 0.469 e. The fraction of sp³-hybridized carbons (Fsp3) is 0.700.